The summed E-state index contributed by atoms with van der Waals surface area (Å²) in [6, 6.07) is 1.77. The van der Waals surface area contributed by atoms with Gasteiger partial charge in [0.25, 0.3) is 0 Å². The van der Waals surface area contributed by atoms with Gasteiger partial charge in [0.2, 0.25) is 0 Å². The number of aromatic amines is 1. The SMILES string of the molecule is CCOC(=O)c1cc[nH]c1C1CCOC1. The molecule has 1 aliphatic heterocycles. The van der Waals surface area contributed by atoms with Crippen molar-refractivity contribution in [1.29, 1.82) is 0 Å². The molecule has 1 aromatic rings. The Labute approximate surface area is 88.6 Å². The first-order chi connectivity index (χ1) is 7.33. The normalized spacial score (nSPS) is 20.5. The van der Waals surface area contributed by atoms with E-state index in [2.05, 4.69) is 4.98 Å². The van der Waals surface area contributed by atoms with Crippen LogP contribution in [0.4, 0.5) is 0 Å². The third-order valence-corrected chi connectivity index (χ3v) is 2.61. The van der Waals surface area contributed by atoms with Gasteiger partial charge in [0.1, 0.15) is 0 Å². The van der Waals surface area contributed by atoms with Crippen molar-refractivity contribution < 1.29 is 14.3 Å². The zero-order valence-corrected chi connectivity index (χ0v) is 8.79. The summed E-state index contributed by atoms with van der Waals surface area (Å²) in [5.41, 5.74) is 1.60. The van der Waals surface area contributed by atoms with Crippen LogP contribution in [0.5, 0.6) is 0 Å². The summed E-state index contributed by atoms with van der Waals surface area (Å²) < 4.78 is 10.3. The van der Waals surface area contributed by atoms with Gasteiger partial charge in [0.15, 0.2) is 0 Å². The largest absolute Gasteiger partial charge is 0.462 e. The quantitative estimate of drug-likeness (QED) is 0.771. The molecule has 1 unspecified atom stereocenters. The van der Waals surface area contributed by atoms with Gasteiger partial charge in [-0.05, 0) is 19.4 Å². The summed E-state index contributed by atoms with van der Waals surface area (Å²) in [7, 11) is 0. The first kappa shape index (κ1) is 10.2. The number of H-pyrrole nitrogens is 1. The van der Waals surface area contributed by atoms with E-state index in [0.717, 1.165) is 18.7 Å². The van der Waals surface area contributed by atoms with Crippen LogP contribution in [0, 0.1) is 0 Å². The van der Waals surface area contributed by atoms with Crippen molar-refractivity contribution in [3.63, 3.8) is 0 Å². The number of carbonyl (C=O) groups excluding carboxylic acids is 1. The highest BCUT2D eigenvalue weighted by molar-refractivity contribution is 5.91. The highest BCUT2D eigenvalue weighted by atomic mass is 16.5. The molecule has 1 saturated heterocycles. The Balaban J connectivity index is 2.17. The molecule has 0 spiro atoms. The minimum Gasteiger partial charge on any atom is -0.462 e. The summed E-state index contributed by atoms with van der Waals surface area (Å²) in [5, 5.41) is 0. The number of ether oxygens (including phenoxy) is 2. The Kier molecular flexibility index (Phi) is 3.06. The predicted molar refractivity (Wildman–Crippen MR) is 54.9 cm³/mol. The smallest absolute Gasteiger partial charge is 0.339 e. The molecule has 1 N–H and O–H groups in total. The van der Waals surface area contributed by atoms with Crippen molar-refractivity contribution in [3.05, 3.63) is 23.5 Å². The van der Waals surface area contributed by atoms with Gasteiger partial charge in [-0.3, -0.25) is 0 Å². The molecule has 1 fully saturated rings. The fourth-order valence-electron chi connectivity index (χ4n) is 1.87. The lowest BCUT2D eigenvalue weighted by Gasteiger charge is -2.08. The third-order valence-electron chi connectivity index (χ3n) is 2.61. The van der Waals surface area contributed by atoms with Crippen molar-refractivity contribution in [1.82, 2.24) is 4.98 Å². The lowest BCUT2D eigenvalue weighted by atomic mass is 10.0. The molecular weight excluding hydrogens is 194 g/mol. The zero-order chi connectivity index (χ0) is 10.7. The molecule has 0 radical (unpaired) electrons. The third kappa shape index (κ3) is 2.04. The zero-order valence-electron chi connectivity index (χ0n) is 8.79. The van der Waals surface area contributed by atoms with Gasteiger partial charge >= 0.3 is 5.97 Å². The molecule has 2 heterocycles. The molecule has 0 saturated carbocycles. The van der Waals surface area contributed by atoms with Crippen LogP contribution in [0.15, 0.2) is 12.3 Å². The molecule has 0 aliphatic carbocycles. The minimum atomic E-state index is -0.249. The second-order valence-electron chi connectivity index (χ2n) is 3.59. The van der Waals surface area contributed by atoms with Crippen molar-refractivity contribution in [2.45, 2.75) is 19.3 Å². The number of nitrogens with one attached hydrogen (secondary N) is 1. The van der Waals surface area contributed by atoms with Crippen molar-refractivity contribution in [2.75, 3.05) is 19.8 Å². The number of esters is 1. The Bertz CT molecular complexity index is 339. The maximum absolute atomic E-state index is 11.6. The van der Waals surface area contributed by atoms with Gasteiger partial charge in [-0.15, -0.1) is 0 Å². The van der Waals surface area contributed by atoms with Crippen molar-refractivity contribution in [2.24, 2.45) is 0 Å². The second-order valence-corrected chi connectivity index (χ2v) is 3.59. The summed E-state index contributed by atoms with van der Waals surface area (Å²) in [4.78, 5) is 14.7. The molecule has 0 amide bonds. The van der Waals surface area contributed by atoms with E-state index in [9.17, 15) is 4.79 Å². The van der Waals surface area contributed by atoms with Crippen LogP contribution in [0.2, 0.25) is 0 Å². The fourth-order valence-corrected chi connectivity index (χ4v) is 1.87. The van der Waals surface area contributed by atoms with Crippen LogP contribution in [0.3, 0.4) is 0 Å². The van der Waals surface area contributed by atoms with E-state index in [4.69, 9.17) is 9.47 Å². The van der Waals surface area contributed by atoms with Gasteiger partial charge in [0, 0.05) is 24.4 Å². The first-order valence-corrected chi connectivity index (χ1v) is 5.25. The molecule has 4 heteroatoms. The van der Waals surface area contributed by atoms with E-state index in [1.165, 1.54) is 0 Å². The number of aromatic nitrogens is 1. The maximum Gasteiger partial charge on any atom is 0.339 e. The predicted octanol–water partition coefficient (Wildman–Crippen LogP) is 1.70. The lowest BCUT2D eigenvalue weighted by Crippen LogP contribution is -2.09. The molecular formula is C11H15NO3. The van der Waals surface area contributed by atoms with E-state index >= 15 is 0 Å². The van der Waals surface area contributed by atoms with Crippen LogP contribution in [0.1, 0.15) is 35.3 Å². The molecule has 1 aliphatic rings. The van der Waals surface area contributed by atoms with Gasteiger partial charge in [-0.25, -0.2) is 4.79 Å². The highest BCUT2D eigenvalue weighted by Crippen LogP contribution is 2.27. The first-order valence-electron chi connectivity index (χ1n) is 5.25. The van der Waals surface area contributed by atoms with Crippen LogP contribution in [-0.4, -0.2) is 30.8 Å². The molecule has 2 rings (SSSR count). The average molecular weight is 209 g/mol. The van der Waals surface area contributed by atoms with Gasteiger partial charge in [-0.1, -0.05) is 0 Å². The number of hydrogen-bond acceptors (Lipinski definition) is 3. The summed E-state index contributed by atoms with van der Waals surface area (Å²) in [5.74, 6) is 0.0556. The van der Waals surface area contributed by atoms with E-state index in [0.29, 0.717) is 24.7 Å². The molecule has 1 aromatic heterocycles. The summed E-state index contributed by atoms with van der Waals surface area (Å²) >= 11 is 0. The van der Waals surface area contributed by atoms with E-state index in [1.807, 2.05) is 6.92 Å². The maximum atomic E-state index is 11.6. The monoisotopic (exact) mass is 209 g/mol. The summed E-state index contributed by atoms with van der Waals surface area (Å²) in [6.45, 7) is 3.67. The standard InChI is InChI=1S/C11H15NO3/c1-2-15-11(13)9-3-5-12-10(9)8-4-6-14-7-8/h3,5,8,12H,2,4,6-7H2,1H3. The summed E-state index contributed by atoms with van der Waals surface area (Å²) in [6.07, 6.45) is 2.74. The van der Waals surface area contributed by atoms with Gasteiger partial charge in [0.05, 0.1) is 18.8 Å². The number of hydrogen-bond donors (Lipinski definition) is 1. The van der Waals surface area contributed by atoms with Crippen LogP contribution in [0.25, 0.3) is 0 Å². The van der Waals surface area contributed by atoms with Crippen molar-refractivity contribution >= 4 is 5.97 Å². The Morgan fingerprint density at radius 1 is 1.73 bits per heavy atom. The second kappa shape index (κ2) is 4.49. The van der Waals surface area contributed by atoms with Crippen LogP contribution >= 0.6 is 0 Å². The number of carbonyl (C=O) groups is 1. The minimum absolute atomic E-state index is 0.249. The highest BCUT2D eigenvalue weighted by Gasteiger charge is 2.24. The van der Waals surface area contributed by atoms with Gasteiger partial charge in [-0.2, -0.15) is 0 Å². The number of rotatable bonds is 3. The topological polar surface area (TPSA) is 51.3 Å². The van der Waals surface area contributed by atoms with Gasteiger partial charge < -0.3 is 14.5 Å². The van der Waals surface area contributed by atoms with Crippen LogP contribution < -0.4 is 0 Å². The van der Waals surface area contributed by atoms with Crippen LogP contribution in [-0.2, 0) is 9.47 Å². The Morgan fingerprint density at radius 2 is 2.60 bits per heavy atom. The molecule has 4 nitrogen and oxygen atoms in total. The fraction of sp³-hybridized carbons (Fsp3) is 0.545. The lowest BCUT2D eigenvalue weighted by molar-refractivity contribution is 0.0524. The molecule has 0 bridgehead atoms. The molecule has 1 atom stereocenters. The van der Waals surface area contributed by atoms with Crippen molar-refractivity contribution in [3.8, 4) is 0 Å². The molecule has 15 heavy (non-hydrogen) atoms. The molecule has 0 aromatic carbocycles. The Hall–Kier alpha value is -1.29. The Morgan fingerprint density at radius 3 is 3.27 bits per heavy atom. The average Bonchev–Trinajstić information content (AvgIpc) is 2.88. The van der Waals surface area contributed by atoms with E-state index in [-0.39, 0.29) is 5.97 Å². The van der Waals surface area contributed by atoms with E-state index in [1.54, 1.807) is 12.3 Å². The van der Waals surface area contributed by atoms with E-state index < -0.39 is 0 Å². The molecule has 82 valence electrons.